The highest BCUT2D eigenvalue weighted by Crippen LogP contribution is 2.08. The highest BCUT2D eigenvalue weighted by Gasteiger charge is 1.97. The summed E-state index contributed by atoms with van der Waals surface area (Å²) in [7, 11) is 0. The van der Waals surface area contributed by atoms with Crippen LogP contribution in [0.3, 0.4) is 0 Å². The first-order valence-corrected chi connectivity index (χ1v) is 4.25. The van der Waals surface area contributed by atoms with E-state index in [-0.39, 0.29) is 0 Å². The fourth-order valence-electron chi connectivity index (χ4n) is 1.06. The molecule has 0 saturated carbocycles. The van der Waals surface area contributed by atoms with Crippen LogP contribution in [-0.2, 0) is 4.79 Å². The summed E-state index contributed by atoms with van der Waals surface area (Å²) >= 11 is 0. The fourth-order valence-corrected chi connectivity index (χ4v) is 1.06. The molecule has 0 amide bonds. The molecule has 0 fully saturated rings. The van der Waals surface area contributed by atoms with Gasteiger partial charge in [0.25, 0.3) is 0 Å². The van der Waals surface area contributed by atoms with Crippen molar-refractivity contribution in [2.45, 2.75) is 13.3 Å². The van der Waals surface area contributed by atoms with Crippen molar-refractivity contribution in [2.75, 3.05) is 0 Å². The van der Waals surface area contributed by atoms with Gasteiger partial charge in [-0.15, -0.1) is 0 Å². The second kappa shape index (κ2) is 4.93. The van der Waals surface area contributed by atoms with Gasteiger partial charge in [-0.3, -0.25) is 0 Å². The highest BCUT2D eigenvalue weighted by molar-refractivity contribution is 5.58. The zero-order valence-electron chi connectivity index (χ0n) is 7.90. The molecule has 0 N–H and O–H groups in total. The molecular weight excluding hydrogens is 176 g/mol. The molecule has 0 atom stereocenters. The van der Waals surface area contributed by atoms with E-state index in [1.165, 1.54) is 0 Å². The van der Waals surface area contributed by atoms with Crippen molar-refractivity contribution in [3.05, 3.63) is 35.2 Å². The first kappa shape index (κ1) is 10.1. The summed E-state index contributed by atoms with van der Waals surface area (Å²) in [5.74, 6) is 0. The van der Waals surface area contributed by atoms with Crippen LogP contribution in [0.2, 0.25) is 0 Å². The number of aldehydes is 1. The second-order valence-electron chi connectivity index (χ2n) is 2.85. The Morgan fingerprint density at radius 1 is 1.64 bits per heavy atom. The minimum atomic E-state index is 0.402. The number of hydrogen-bond donors (Lipinski definition) is 0. The second-order valence-corrected chi connectivity index (χ2v) is 2.85. The van der Waals surface area contributed by atoms with E-state index in [1.54, 1.807) is 12.3 Å². The first-order valence-electron chi connectivity index (χ1n) is 4.25. The number of pyridine rings is 1. The molecule has 3 nitrogen and oxygen atoms in total. The summed E-state index contributed by atoms with van der Waals surface area (Å²) in [5, 5.41) is 8.65. The van der Waals surface area contributed by atoms with E-state index in [1.807, 2.05) is 25.1 Å². The van der Waals surface area contributed by atoms with Crippen molar-refractivity contribution in [3.8, 4) is 6.07 Å². The molecule has 1 heterocycles. The molecule has 3 heteroatoms. The summed E-state index contributed by atoms with van der Waals surface area (Å²) in [6.07, 6.45) is 6.43. The van der Waals surface area contributed by atoms with Gasteiger partial charge < -0.3 is 4.79 Å². The lowest BCUT2D eigenvalue weighted by Crippen LogP contribution is -1.88. The Bertz CT molecular complexity index is 402. The van der Waals surface area contributed by atoms with Crippen molar-refractivity contribution in [1.29, 1.82) is 5.26 Å². The van der Waals surface area contributed by atoms with Crippen molar-refractivity contribution < 1.29 is 4.79 Å². The zero-order chi connectivity index (χ0) is 10.4. The van der Waals surface area contributed by atoms with Crippen LogP contribution >= 0.6 is 0 Å². The lowest BCUT2D eigenvalue weighted by Gasteiger charge is -1.97. The van der Waals surface area contributed by atoms with Crippen molar-refractivity contribution in [2.24, 2.45) is 0 Å². The maximum Gasteiger partial charge on any atom is 0.143 e. The number of allylic oxidation sites excluding steroid dienone is 1. The van der Waals surface area contributed by atoms with Gasteiger partial charge in [0.2, 0.25) is 0 Å². The fraction of sp³-hybridized carbons (Fsp3) is 0.182. The summed E-state index contributed by atoms with van der Waals surface area (Å²) in [5.41, 5.74) is 2.20. The molecule has 0 saturated heterocycles. The molecule has 0 radical (unpaired) electrons. The van der Waals surface area contributed by atoms with E-state index in [0.29, 0.717) is 12.1 Å². The zero-order valence-corrected chi connectivity index (χ0v) is 7.90. The van der Waals surface area contributed by atoms with Crippen LogP contribution in [0.5, 0.6) is 0 Å². The number of hydrogen-bond acceptors (Lipinski definition) is 3. The van der Waals surface area contributed by atoms with Gasteiger partial charge in [0.15, 0.2) is 0 Å². The topological polar surface area (TPSA) is 53.8 Å². The van der Waals surface area contributed by atoms with Crippen molar-refractivity contribution in [1.82, 2.24) is 4.98 Å². The van der Waals surface area contributed by atoms with Crippen LogP contribution in [-0.4, -0.2) is 11.3 Å². The number of carbonyl (C=O) groups excluding carboxylic acids is 1. The molecular formula is C11H10N2O. The highest BCUT2D eigenvalue weighted by atomic mass is 16.1. The maximum atomic E-state index is 10.1. The van der Waals surface area contributed by atoms with Gasteiger partial charge in [-0.2, -0.15) is 5.26 Å². The number of rotatable bonds is 3. The molecule has 1 aromatic heterocycles. The molecule has 0 aliphatic carbocycles. The Kier molecular flexibility index (Phi) is 3.57. The van der Waals surface area contributed by atoms with Crippen LogP contribution in [0.25, 0.3) is 6.08 Å². The number of aryl methyl sites for hydroxylation is 1. The van der Waals surface area contributed by atoms with E-state index in [9.17, 15) is 4.79 Å². The molecule has 70 valence electrons. The molecule has 0 aliphatic heterocycles. The third-order valence-electron chi connectivity index (χ3n) is 1.75. The predicted octanol–water partition coefficient (Wildman–Crippen LogP) is 1.86. The maximum absolute atomic E-state index is 10.1. The number of carbonyl (C=O) groups is 1. The number of aromatic nitrogens is 1. The molecule has 0 unspecified atom stereocenters. The Labute approximate surface area is 82.7 Å². The van der Waals surface area contributed by atoms with E-state index >= 15 is 0 Å². The Morgan fingerprint density at radius 2 is 2.43 bits per heavy atom. The lowest BCUT2D eigenvalue weighted by molar-refractivity contribution is -0.107. The number of nitriles is 1. The van der Waals surface area contributed by atoms with Gasteiger partial charge in [0.1, 0.15) is 18.0 Å². The van der Waals surface area contributed by atoms with Crippen molar-refractivity contribution in [3.63, 3.8) is 0 Å². The predicted molar refractivity (Wildman–Crippen MR) is 53.4 cm³/mol. The molecule has 0 spiro atoms. The summed E-state index contributed by atoms with van der Waals surface area (Å²) < 4.78 is 0. The molecule has 0 bridgehead atoms. The molecule has 1 rings (SSSR count). The van der Waals surface area contributed by atoms with E-state index in [2.05, 4.69) is 4.98 Å². The van der Waals surface area contributed by atoms with Crippen LogP contribution in [0.15, 0.2) is 18.3 Å². The van der Waals surface area contributed by atoms with Gasteiger partial charge in [0.05, 0.1) is 0 Å². The smallest absolute Gasteiger partial charge is 0.143 e. The van der Waals surface area contributed by atoms with Crippen LogP contribution < -0.4 is 0 Å². The average molecular weight is 186 g/mol. The quantitative estimate of drug-likeness (QED) is 0.677. The minimum Gasteiger partial charge on any atom is -0.303 e. The van der Waals surface area contributed by atoms with Gasteiger partial charge in [-0.25, -0.2) is 4.98 Å². The Balaban J connectivity index is 2.87. The molecule has 0 aromatic carbocycles. The lowest BCUT2D eigenvalue weighted by atomic mass is 10.1. The molecule has 1 aromatic rings. The van der Waals surface area contributed by atoms with Gasteiger partial charge in [-0.1, -0.05) is 12.2 Å². The van der Waals surface area contributed by atoms with E-state index in [0.717, 1.165) is 17.4 Å². The summed E-state index contributed by atoms with van der Waals surface area (Å²) in [6.45, 7) is 1.84. The third-order valence-corrected chi connectivity index (χ3v) is 1.75. The molecule has 14 heavy (non-hydrogen) atoms. The number of nitrogens with zero attached hydrogens (tertiary/aromatic N) is 2. The molecule has 0 aliphatic rings. The monoisotopic (exact) mass is 186 g/mol. The largest absolute Gasteiger partial charge is 0.303 e. The average Bonchev–Trinajstić information content (AvgIpc) is 2.18. The van der Waals surface area contributed by atoms with Crippen LogP contribution in [0, 0.1) is 18.3 Å². The standard InChI is InChI=1S/C11H10N2O/c1-9-6-10(4-2-3-5-14)8-13-11(9)7-12/h2,4-6,8H,3H2,1H3. The Morgan fingerprint density at radius 3 is 3.00 bits per heavy atom. The van der Waals surface area contributed by atoms with Crippen LogP contribution in [0.4, 0.5) is 0 Å². The van der Waals surface area contributed by atoms with Gasteiger partial charge in [-0.05, 0) is 24.1 Å². The Hall–Kier alpha value is -1.95. The SMILES string of the molecule is Cc1cc(C=CCC=O)cnc1C#N. The van der Waals surface area contributed by atoms with Crippen LogP contribution in [0.1, 0.15) is 23.2 Å². The van der Waals surface area contributed by atoms with Gasteiger partial charge >= 0.3 is 0 Å². The van der Waals surface area contributed by atoms with E-state index in [4.69, 9.17) is 5.26 Å². The summed E-state index contributed by atoms with van der Waals surface area (Å²) in [6, 6.07) is 3.87. The van der Waals surface area contributed by atoms with E-state index < -0.39 is 0 Å². The van der Waals surface area contributed by atoms with Gasteiger partial charge in [0, 0.05) is 12.6 Å². The normalized spacial score (nSPS) is 10.0. The minimum absolute atomic E-state index is 0.402. The third kappa shape index (κ3) is 2.53. The van der Waals surface area contributed by atoms with Crippen molar-refractivity contribution >= 4 is 12.4 Å². The summed E-state index contributed by atoms with van der Waals surface area (Å²) in [4.78, 5) is 14.0. The first-order chi connectivity index (χ1) is 6.77.